The molecule has 0 aliphatic carbocycles. The van der Waals surface area contributed by atoms with E-state index in [0.717, 1.165) is 0 Å². The Bertz CT molecular complexity index is 922. The van der Waals surface area contributed by atoms with Gasteiger partial charge < -0.3 is 25.6 Å². The van der Waals surface area contributed by atoms with Gasteiger partial charge in [-0.1, -0.05) is 6.92 Å². The Labute approximate surface area is 160 Å². The number of hydrogen-bond acceptors (Lipinski definition) is 6. The zero-order valence-electron chi connectivity index (χ0n) is 15.6. The second-order valence-corrected chi connectivity index (χ2v) is 6.78. The van der Waals surface area contributed by atoms with Gasteiger partial charge in [-0.3, -0.25) is 9.59 Å². The molecule has 3 atom stereocenters. The normalized spacial score (nSPS) is 24.2. The number of aliphatic hydroxyl groups is 1. The molecular formula is C19H22FN3O5. The quantitative estimate of drug-likeness (QED) is 0.646. The average Bonchev–Trinajstić information content (AvgIpc) is 2.91. The molecule has 8 nitrogen and oxygen atoms in total. The summed E-state index contributed by atoms with van der Waals surface area (Å²) in [4.78, 5) is 27.5. The van der Waals surface area contributed by atoms with Crippen LogP contribution in [0.2, 0.25) is 0 Å². The smallest absolute Gasteiger partial charge is 0.260 e. The molecule has 0 bridgehead atoms. The number of pyridine rings is 1. The van der Waals surface area contributed by atoms with Gasteiger partial charge in [-0.25, -0.2) is 9.37 Å². The van der Waals surface area contributed by atoms with Crippen LogP contribution in [0.25, 0.3) is 10.8 Å². The number of nitrogens with two attached hydrogens (primary N) is 1. The van der Waals surface area contributed by atoms with Gasteiger partial charge in [0.1, 0.15) is 5.75 Å². The van der Waals surface area contributed by atoms with E-state index in [0.29, 0.717) is 28.8 Å². The highest BCUT2D eigenvalue weighted by molar-refractivity contribution is 6.01. The van der Waals surface area contributed by atoms with E-state index < -0.39 is 36.0 Å². The lowest BCUT2D eigenvalue weighted by molar-refractivity contribution is -0.133. The zero-order chi connectivity index (χ0) is 20.5. The zero-order valence-corrected chi connectivity index (χ0v) is 15.6. The SMILES string of the molecule is COc1cc2c(OCC[C@H]3NC(=O)[C@](F)(CO)[C@H]3C)nccc2cc1C(N)=O. The predicted octanol–water partition coefficient (Wildman–Crippen LogP) is 0.946. The number of fused-ring (bicyclic) bond motifs is 1. The minimum Gasteiger partial charge on any atom is -0.496 e. The second kappa shape index (κ2) is 7.59. The number of aromatic nitrogens is 1. The summed E-state index contributed by atoms with van der Waals surface area (Å²) >= 11 is 0. The highest BCUT2D eigenvalue weighted by Crippen LogP contribution is 2.33. The van der Waals surface area contributed by atoms with Crippen LogP contribution in [0.1, 0.15) is 23.7 Å². The van der Waals surface area contributed by atoms with E-state index >= 15 is 0 Å². The van der Waals surface area contributed by atoms with E-state index in [9.17, 15) is 19.1 Å². The van der Waals surface area contributed by atoms with Crippen LogP contribution < -0.4 is 20.5 Å². The summed E-state index contributed by atoms with van der Waals surface area (Å²) in [6.07, 6.45) is 1.88. The van der Waals surface area contributed by atoms with E-state index in [1.165, 1.54) is 13.3 Å². The van der Waals surface area contributed by atoms with Gasteiger partial charge in [0.25, 0.3) is 11.8 Å². The van der Waals surface area contributed by atoms with Crippen molar-refractivity contribution in [1.82, 2.24) is 10.3 Å². The molecule has 2 heterocycles. The minimum absolute atomic E-state index is 0.169. The number of aliphatic hydroxyl groups excluding tert-OH is 1. The number of halogens is 1. The maximum atomic E-state index is 14.5. The number of carbonyl (C=O) groups is 2. The monoisotopic (exact) mass is 391 g/mol. The van der Waals surface area contributed by atoms with Gasteiger partial charge in [0.15, 0.2) is 0 Å². The van der Waals surface area contributed by atoms with Crippen molar-refractivity contribution in [1.29, 1.82) is 0 Å². The maximum Gasteiger partial charge on any atom is 0.260 e. The number of alkyl halides is 1. The van der Waals surface area contributed by atoms with Crippen molar-refractivity contribution in [2.45, 2.75) is 25.1 Å². The van der Waals surface area contributed by atoms with E-state index in [2.05, 4.69) is 10.3 Å². The van der Waals surface area contributed by atoms with E-state index in [4.69, 9.17) is 15.2 Å². The molecule has 1 aromatic carbocycles. The Kier molecular flexibility index (Phi) is 5.37. The van der Waals surface area contributed by atoms with Crippen molar-refractivity contribution in [2.24, 2.45) is 11.7 Å². The van der Waals surface area contributed by atoms with Crippen LogP contribution >= 0.6 is 0 Å². The van der Waals surface area contributed by atoms with E-state index in [1.807, 2.05) is 0 Å². The standard InChI is InChI=1S/C19H22FN3O5/c1-10-14(23-18(26)19(10,20)9-24)4-6-28-17-12-8-15(27-2)13(16(21)25)7-11(12)3-5-22-17/h3,5,7-8,10,14,24H,4,6,9H2,1-2H3,(H2,21,25)(H,23,26)/t10-,14+,19-/m0/s1. The molecule has 2 aromatic rings. The first-order valence-corrected chi connectivity index (χ1v) is 8.82. The van der Waals surface area contributed by atoms with Gasteiger partial charge in [-0.2, -0.15) is 0 Å². The van der Waals surface area contributed by atoms with Crippen LogP contribution in [-0.4, -0.2) is 53.9 Å². The first-order valence-electron chi connectivity index (χ1n) is 8.82. The third kappa shape index (κ3) is 3.33. The second-order valence-electron chi connectivity index (χ2n) is 6.78. The highest BCUT2D eigenvalue weighted by Gasteiger charge is 2.53. The molecule has 0 saturated carbocycles. The Morgan fingerprint density at radius 2 is 2.21 bits per heavy atom. The van der Waals surface area contributed by atoms with Crippen LogP contribution in [0.15, 0.2) is 24.4 Å². The van der Waals surface area contributed by atoms with Crippen molar-refractivity contribution in [3.05, 3.63) is 30.0 Å². The summed E-state index contributed by atoms with van der Waals surface area (Å²) in [6, 6.07) is 4.47. The average molecular weight is 391 g/mol. The number of primary amides is 1. The first-order chi connectivity index (χ1) is 13.3. The third-order valence-corrected chi connectivity index (χ3v) is 5.23. The van der Waals surface area contributed by atoms with Crippen molar-refractivity contribution >= 4 is 22.6 Å². The molecule has 1 aliphatic rings. The molecule has 1 saturated heterocycles. The summed E-state index contributed by atoms with van der Waals surface area (Å²) in [6.45, 7) is 0.887. The summed E-state index contributed by atoms with van der Waals surface area (Å²) in [5.41, 5.74) is 3.35. The molecule has 2 amide bonds. The van der Waals surface area contributed by atoms with Gasteiger partial charge in [0.2, 0.25) is 11.5 Å². The molecule has 3 rings (SSSR count). The molecule has 0 spiro atoms. The molecule has 150 valence electrons. The fraction of sp³-hybridized carbons (Fsp3) is 0.421. The molecule has 1 aromatic heterocycles. The lowest BCUT2D eigenvalue weighted by Gasteiger charge is -2.21. The fourth-order valence-corrected chi connectivity index (χ4v) is 3.41. The number of amides is 2. The van der Waals surface area contributed by atoms with E-state index in [-0.39, 0.29) is 12.2 Å². The van der Waals surface area contributed by atoms with Crippen molar-refractivity contribution in [3.63, 3.8) is 0 Å². The lowest BCUT2D eigenvalue weighted by Crippen LogP contribution is -2.40. The summed E-state index contributed by atoms with van der Waals surface area (Å²) < 4.78 is 25.4. The molecule has 1 aliphatic heterocycles. The highest BCUT2D eigenvalue weighted by atomic mass is 19.1. The number of ether oxygens (including phenoxy) is 2. The number of methoxy groups -OCH3 is 1. The van der Waals surface area contributed by atoms with Gasteiger partial charge in [0.05, 0.1) is 25.9 Å². The molecule has 1 fully saturated rings. The van der Waals surface area contributed by atoms with Crippen LogP contribution in [0, 0.1) is 5.92 Å². The van der Waals surface area contributed by atoms with Crippen LogP contribution in [0.3, 0.4) is 0 Å². The van der Waals surface area contributed by atoms with Gasteiger partial charge >= 0.3 is 0 Å². The Hall–Kier alpha value is -2.94. The third-order valence-electron chi connectivity index (χ3n) is 5.23. The molecular weight excluding hydrogens is 369 g/mol. The predicted molar refractivity (Wildman–Crippen MR) is 98.9 cm³/mol. The van der Waals surface area contributed by atoms with Gasteiger partial charge in [0, 0.05) is 30.0 Å². The lowest BCUT2D eigenvalue weighted by atomic mass is 9.88. The molecule has 28 heavy (non-hydrogen) atoms. The largest absolute Gasteiger partial charge is 0.496 e. The molecule has 4 N–H and O–H groups in total. The number of rotatable bonds is 7. The Balaban J connectivity index is 1.77. The van der Waals surface area contributed by atoms with Crippen molar-refractivity contribution in [3.8, 4) is 11.6 Å². The van der Waals surface area contributed by atoms with E-state index in [1.54, 1.807) is 25.1 Å². The number of benzene rings is 1. The minimum atomic E-state index is -2.28. The maximum absolute atomic E-state index is 14.5. The Morgan fingerprint density at radius 3 is 2.82 bits per heavy atom. The molecule has 0 unspecified atom stereocenters. The summed E-state index contributed by atoms with van der Waals surface area (Å²) in [7, 11) is 1.43. The first kappa shape index (κ1) is 19.8. The van der Waals surface area contributed by atoms with Gasteiger partial charge in [-0.15, -0.1) is 0 Å². The van der Waals surface area contributed by atoms with Crippen molar-refractivity contribution < 1.29 is 28.6 Å². The number of carbonyl (C=O) groups excluding carboxylic acids is 2. The van der Waals surface area contributed by atoms with Crippen LogP contribution in [-0.2, 0) is 4.79 Å². The summed E-state index contributed by atoms with van der Waals surface area (Å²) in [5, 5.41) is 13.1. The number of nitrogens with zero attached hydrogens (tertiary/aromatic N) is 1. The Morgan fingerprint density at radius 1 is 1.46 bits per heavy atom. The topological polar surface area (TPSA) is 124 Å². The molecule has 9 heteroatoms. The van der Waals surface area contributed by atoms with Gasteiger partial charge in [-0.05, 0) is 23.6 Å². The summed E-state index contributed by atoms with van der Waals surface area (Å²) in [5.74, 6) is -1.48. The van der Waals surface area contributed by atoms with Crippen molar-refractivity contribution in [2.75, 3.05) is 20.3 Å². The van der Waals surface area contributed by atoms with Crippen LogP contribution in [0.4, 0.5) is 4.39 Å². The molecule has 0 radical (unpaired) electrons. The fourth-order valence-electron chi connectivity index (χ4n) is 3.41. The van der Waals surface area contributed by atoms with Crippen LogP contribution in [0.5, 0.6) is 11.6 Å². The number of hydrogen-bond donors (Lipinski definition) is 3. The number of nitrogens with one attached hydrogen (secondary N) is 1.